The first-order chi connectivity index (χ1) is 11.0. The van der Waals surface area contributed by atoms with E-state index in [-0.39, 0.29) is 11.2 Å². The molecular weight excluding hydrogens is 334 g/mol. The molecule has 3 aromatic rings. The van der Waals surface area contributed by atoms with Crippen molar-refractivity contribution in [3.8, 4) is 0 Å². The molecule has 2 aromatic heterocycles. The number of anilines is 2. The summed E-state index contributed by atoms with van der Waals surface area (Å²) < 4.78 is 1.77. The number of fused-ring (bicyclic) bond motifs is 1. The van der Waals surface area contributed by atoms with Crippen LogP contribution in [-0.2, 0) is 4.79 Å². The van der Waals surface area contributed by atoms with Gasteiger partial charge in [-0.2, -0.15) is 0 Å². The van der Waals surface area contributed by atoms with Crippen molar-refractivity contribution in [3.05, 3.63) is 47.6 Å². The van der Waals surface area contributed by atoms with E-state index in [1.54, 1.807) is 47.0 Å². The molecule has 3 N–H and O–H groups in total. The lowest BCUT2D eigenvalue weighted by atomic mass is 10.3. The summed E-state index contributed by atoms with van der Waals surface area (Å²) in [5.74, 6) is -0.127. The molecule has 118 valence electrons. The van der Waals surface area contributed by atoms with Crippen molar-refractivity contribution in [2.45, 2.75) is 17.3 Å². The second kappa shape index (κ2) is 6.47. The number of carbonyl (C=O) groups excluding carboxylic acids is 1. The molecule has 8 heteroatoms. The molecular formula is C15H14ClN5OS. The average Bonchev–Trinajstić information content (AvgIpc) is 2.91. The van der Waals surface area contributed by atoms with E-state index >= 15 is 0 Å². The molecule has 0 radical (unpaired) electrons. The third-order valence-electron chi connectivity index (χ3n) is 3.16. The second-order valence-corrected chi connectivity index (χ2v) is 6.67. The van der Waals surface area contributed by atoms with E-state index in [9.17, 15) is 4.79 Å². The molecule has 1 unspecified atom stereocenters. The van der Waals surface area contributed by atoms with Crippen molar-refractivity contribution < 1.29 is 4.79 Å². The van der Waals surface area contributed by atoms with Gasteiger partial charge >= 0.3 is 0 Å². The van der Waals surface area contributed by atoms with Gasteiger partial charge in [-0.05, 0) is 43.3 Å². The molecule has 2 heterocycles. The van der Waals surface area contributed by atoms with E-state index in [4.69, 9.17) is 17.3 Å². The predicted octanol–water partition coefficient (Wildman–Crippen LogP) is 3.08. The number of rotatable bonds is 4. The van der Waals surface area contributed by atoms with Gasteiger partial charge in [0.2, 0.25) is 5.91 Å². The summed E-state index contributed by atoms with van der Waals surface area (Å²) in [6.07, 6.45) is 1.74. The van der Waals surface area contributed by atoms with Gasteiger partial charge in [0.1, 0.15) is 0 Å². The highest BCUT2D eigenvalue weighted by molar-refractivity contribution is 8.00. The standard InChI is InChI=1S/C15H14ClN5OS/c1-9(14(22)18-12-5-2-10(16)3-6-12)23-15-20-19-13-7-4-11(17)8-21(13)15/h2-9H,17H2,1H3,(H,18,22). The minimum atomic E-state index is -0.348. The smallest absolute Gasteiger partial charge is 0.237 e. The Morgan fingerprint density at radius 1 is 1.26 bits per heavy atom. The van der Waals surface area contributed by atoms with Crippen molar-refractivity contribution in [2.75, 3.05) is 11.1 Å². The average molecular weight is 348 g/mol. The normalized spacial score (nSPS) is 12.3. The van der Waals surface area contributed by atoms with Gasteiger partial charge < -0.3 is 11.1 Å². The van der Waals surface area contributed by atoms with Crippen molar-refractivity contribution in [1.82, 2.24) is 14.6 Å². The topological polar surface area (TPSA) is 85.3 Å². The number of thioether (sulfide) groups is 1. The number of halogens is 1. The molecule has 23 heavy (non-hydrogen) atoms. The number of aromatic nitrogens is 3. The predicted molar refractivity (Wildman–Crippen MR) is 92.8 cm³/mol. The first-order valence-corrected chi connectivity index (χ1v) is 8.12. The SMILES string of the molecule is CC(Sc1nnc2ccc(N)cn12)C(=O)Nc1ccc(Cl)cc1. The zero-order valence-electron chi connectivity index (χ0n) is 12.2. The van der Waals surface area contributed by atoms with Crippen LogP contribution >= 0.6 is 23.4 Å². The minimum Gasteiger partial charge on any atom is -0.398 e. The Bertz CT molecular complexity index is 849. The highest BCUT2D eigenvalue weighted by Crippen LogP contribution is 2.24. The molecule has 0 spiro atoms. The number of hydrogen-bond donors (Lipinski definition) is 2. The summed E-state index contributed by atoms with van der Waals surface area (Å²) in [7, 11) is 0. The first kappa shape index (κ1) is 15.6. The Hall–Kier alpha value is -2.25. The van der Waals surface area contributed by atoms with Crippen LogP contribution in [0, 0.1) is 0 Å². The number of nitrogens with two attached hydrogens (primary N) is 1. The maximum absolute atomic E-state index is 12.3. The minimum absolute atomic E-state index is 0.127. The van der Waals surface area contributed by atoms with E-state index in [2.05, 4.69) is 15.5 Å². The maximum atomic E-state index is 12.3. The largest absolute Gasteiger partial charge is 0.398 e. The van der Waals surface area contributed by atoms with E-state index in [1.165, 1.54) is 11.8 Å². The fourth-order valence-electron chi connectivity index (χ4n) is 1.96. The van der Waals surface area contributed by atoms with Crippen LogP contribution < -0.4 is 11.1 Å². The molecule has 3 rings (SSSR count). The lowest BCUT2D eigenvalue weighted by Gasteiger charge is -2.11. The molecule has 0 fully saturated rings. The molecule has 1 aromatic carbocycles. The van der Waals surface area contributed by atoms with Gasteiger partial charge in [0.05, 0.1) is 5.25 Å². The summed E-state index contributed by atoms with van der Waals surface area (Å²) in [4.78, 5) is 12.3. The Morgan fingerprint density at radius 2 is 2.00 bits per heavy atom. The molecule has 1 amide bonds. The molecule has 0 bridgehead atoms. The van der Waals surface area contributed by atoms with Gasteiger partial charge in [-0.3, -0.25) is 9.20 Å². The van der Waals surface area contributed by atoms with Gasteiger partial charge in [0.15, 0.2) is 10.8 Å². The van der Waals surface area contributed by atoms with Crippen LogP contribution in [0.2, 0.25) is 5.02 Å². The molecule has 0 saturated heterocycles. The fourth-order valence-corrected chi connectivity index (χ4v) is 2.91. The number of carbonyl (C=O) groups is 1. The van der Waals surface area contributed by atoms with E-state index in [0.717, 1.165) is 0 Å². The number of amides is 1. The molecule has 0 aliphatic carbocycles. The summed E-state index contributed by atoms with van der Waals surface area (Å²) in [6.45, 7) is 1.81. The quantitative estimate of drug-likeness (QED) is 0.708. The molecule has 0 aliphatic heterocycles. The Balaban J connectivity index is 1.72. The zero-order valence-corrected chi connectivity index (χ0v) is 13.8. The number of nitrogens with zero attached hydrogens (tertiary/aromatic N) is 3. The lowest BCUT2D eigenvalue weighted by molar-refractivity contribution is -0.115. The van der Waals surface area contributed by atoms with Crippen LogP contribution in [0.4, 0.5) is 11.4 Å². The molecule has 6 nitrogen and oxygen atoms in total. The van der Waals surface area contributed by atoms with Crippen molar-refractivity contribution >= 4 is 46.3 Å². The highest BCUT2D eigenvalue weighted by atomic mass is 35.5. The summed E-state index contributed by atoms with van der Waals surface area (Å²) >= 11 is 7.14. The number of nitrogens with one attached hydrogen (secondary N) is 1. The van der Waals surface area contributed by atoms with Crippen molar-refractivity contribution in [3.63, 3.8) is 0 Å². The number of hydrogen-bond acceptors (Lipinski definition) is 5. The van der Waals surface area contributed by atoms with Crippen LogP contribution in [0.25, 0.3) is 5.65 Å². The maximum Gasteiger partial charge on any atom is 0.237 e. The fraction of sp³-hybridized carbons (Fsp3) is 0.133. The second-order valence-electron chi connectivity index (χ2n) is 4.93. The molecule has 0 saturated carbocycles. The first-order valence-electron chi connectivity index (χ1n) is 6.86. The monoisotopic (exact) mass is 347 g/mol. The third-order valence-corrected chi connectivity index (χ3v) is 4.47. The number of nitrogen functional groups attached to an aromatic ring is 1. The van der Waals surface area contributed by atoms with Crippen LogP contribution in [0.1, 0.15) is 6.92 Å². The molecule has 1 atom stereocenters. The van der Waals surface area contributed by atoms with E-state index < -0.39 is 0 Å². The number of pyridine rings is 1. The van der Waals surface area contributed by atoms with Crippen LogP contribution in [0.15, 0.2) is 47.8 Å². The highest BCUT2D eigenvalue weighted by Gasteiger charge is 2.18. The Kier molecular flexibility index (Phi) is 4.40. The van der Waals surface area contributed by atoms with Gasteiger partial charge in [-0.15, -0.1) is 10.2 Å². The van der Waals surface area contributed by atoms with Crippen molar-refractivity contribution in [1.29, 1.82) is 0 Å². The zero-order chi connectivity index (χ0) is 16.4. The third kappa shape index (κ3) is 3.57. The Morgan fingerprint density at radius 3 is 2.74 bits per heavy atom. The summed E-state index contributed by atoms with van der Waals surface area (Å²) in [5.41, 5.74) is 7.77. The van der Waals surface area contributed by atoms with Crippen LogP contribution in [-0.4, -0.2) is 25.8 Å². The van der Waals surface area contributed by atoms with E-state index in [1.807, 2.05) is 6.92 Å². The van der Waals surface area contributed by atoms with Gasteiger partial charge in [0.25, 0.3) is 0 Å². The summed E-state index contributed by atoms with van der Waals surface area (Å²) in [5, 5.41) is 11.9. The van der Waals surface area contributed by atoms with Gasteiger partial charge in [-0.1, -0.05) is 23.4 Å². The summed E-state index contributed by atoms with van der Waals surface area (Å²) in [6, 6.07) is 10.5. The van der Waals surface area contributed by atoms with Crippen molar-refractivity contribution in [2.24, 2.45) is 0 Å². The van der Waals surface area contributed by atoms with Crippen LogP contribution in [0.5, 0.6) is 0 Å². The van der Waals surface area contributed by atoms with Crippen LogP contribution in [0.3, 0.4) is 0 Å². The van der Waals surface area contributed by atoms with Gasteiger partial charge in [0, 0.05) is 22.6 Å². The number of benzene rings is 1. The lowest BCUT2D eigenvalue weighted by Crippen LogP contribution is -2.22. The van der Waals surface area contributed by atoms with Gasteiger partial charge in [-0.25, -0.2) is 0 Å². The van der Waals surface area contributed by atoms with E-state index in [0.29, 0.717) is 27.2 Å². The molecule has 0 aliphatic rings. The Labute approximate surface area is 142 Å².